The summed E-state index contributed by atoms with van der Waals surface area (Å²) in [6.07, 6.45) is 1.89. The highest BCUT2D eigenvalue weighted by atomic mass is 79.9. The number of benzene rings is 3. The van der Waals surface area contributed by atoms with Crippen LogP contribution >= 0.6 is 15.9 Å². The van der Waals surface area contributed by atoms with Crippen molar-refractivity contribution in [3.05, 3.63) is 93.5 Å². The van der Waals surface area contributed by atoms with E-state index in [0.717, 1.165) is 27.0 Å². The highest BCUT2D eigenvalue weighted by Crippen LogP contribution is 2.21. The zero-order valence-electron chi connectivity index (χ0n) is 14.4. The summed E-state index contributed by atoms with van der Waals surface area (Å²) in [5.74, 6) is 0.854. The first-order valence-corrected chi connectivity index (χ1v) is 8.99. The third kappa shape index (κ3) is 4.80. The second-order valence-electron chi connectivity index (χ2n) is 5.96. The molecule has 0 radical (unpaired) electrons. The Bertz CT molecular complexity index is 868. The second kappa shape index (κ2) is 8.13. The van der Waals surface area contributed by atoms with Gasteiger partial charge >= 0.3 is 0 Å². The fourth-order valence-electron chi connectivity index (χ4n) is 2.42. The van der Waals surface area contributed by atoms with Gasteiger partial charge in [0.2, 0.25) is 0 Å². The summed E-state index contributed by atoms with van der Waals surface area (Å²) in [5.41, 5.74) is 5.68. The number of halogens is 1. The molecule has 3 rings (SSSR count). The van der Waals surface area contributed by atoms with Gasteiger partial charge in [0.05, 0.1) is 5.69 Å². The van der Waals surface area contributed by atoms with Crippen molar-refractivity contribution in [3.63, 3.8) is 0 Å². The monoisotopic (exact) mass is 393 g/mol. The summed E-state index contributed by atoms with van der Waals surface area (Å²) in [4.78, 5) is 4.60. The minimum absolute atomic E-state index is 0.559. The van der Waals surface area contributed by atoms with Crippen LogP contribution in [0.15, 0.2) is 76.2 Å². The van der Waals surface area contributed by atoms with Crippen molar-refractivity contribution in [1.29, 1.82) is 0 Å². The molecule has 0 aliphatic heterocycles. The number of nitrogens with zero attached hydrogens (tertiary/aromatic N) is 1. The van der Waals surface area contributed by atoms with Gasteiger partial charge in [0, 0.05) is 10.7 Å². The first-order valence-electron chi connectivity index (χ1n) is 8.19. The van der Waals surface area contributed by atoms with Gasteiger partial charge < -0.3 is 4.74 Å². The predicted octanol–water partition coefficient (Wildman–Crippen LogP) is 6.40. The summed E-state index contributed by atoms with van der Waals surface area (Å²) < 4.78 is 6.90. The third-order valence-corrected chi connectivity index (χ3v) is 4.66. The van der Waals surface area contributed by atoms with Crippen LogP contribution < -0.4 is 4.74 Å². The van der Waals surface area contributed by atoms with E-state index in [0.29, 0.717) is 6.61 Å². The Morgan fingerprint density at radius 1 is 0.920 bits per heavy atom. The zero-order valence-corrected chi connectivity index (χ0v) is 16.0. The van der Waals surface area contributed by atoms with Gasteiger partial charge in [-0.3, -0.25) is 4.99 Å². The molecule has 0 saturated heterocycles. The zero-order chi connectivity index (χ0) is 17.6. The largest absolute Gasteiger partial charge is 0.489 e. The highest BCUT2D eigenvalue weighted by molar-refractivity contribution is 9.10. The van der Waals surface area contributed by atoms with Crippen LogP contribution in [0.3, 0.4) is 0 Å². The van der Waals surface area contributed by atoms with E-state index < -0.39 is 0 Å². The van der Waals surface area contributed by atoms with E-state index in [-0.39, 0.29) is 0 Å². The average Bonchev–Trinajstić information content (AvgIpc) is 2.63. The third-order valence-electron chi connectivity index (χ3n) is 4.13. The molecule has 25 heavy (non-hydrogen) atoms. The Kier molecular flexibility index (Phi) is 5.67. The van der Waals surface area contributed by atoms with Crippen molar-refractivity contribution in [2.45, 2.75) is 20.5 Å². The van der Waals surface area contributed by atoms with Crippen LogP contribution in [-0.2, 0) is 6.61 Å². The molecule has 0 aliphatic rings. The van der Waals surface area contributed by atoms with Crippen molar-refractivity contribution < 1.29 is 4.74 Å². The molecule has 0 amide bonds. The van der Waals surface area contributed by atoms with E-state index in [4.69, 9.17) is 4.74 Å². The number of hydrogen-bond acceptors (Lipinski definition) is 2. The minimum atomic E-state index is 0.559. The Morgan fingerprint density at radius 2 is 1.64 bits per heavy atom. The number of rotatable bonds is 5. The summed E-state index contributed by atoms with van der Waals surface area (Å²) in [6, 6.07) is 22.3. The fourth-order valence-corrected chi connectivity index (χ4v) is 2.68. The molecule has 0 unspecified atom stereocenters. The van der Waals surface area contributed by atoms with Crippen molar-refractivity contribution in [2.75, 3.05) is 0 Å². The molecule has 0 aromatic heterocycles. The van der Waals surface area contributed by atoms with Crippen LogP contribution in [0, 0.1) is 13.8 Å². The summed E-state index contributed by atoms with van der Waals surface area (Å²) in [5, 5.41) is 0. The van der Waals surface area contributed by atoms with E-state index in [1.165, 1.54) is 11.1 Å². The van der Waals surface area contributed by atoms with Crippen LogP contribution in [0.1, 0.15) is 22.3 Å². The molecule has 0 N–H and O–H groups in total. The van der Waals surface area contributed by atoms with Crippen LogP contribution in [0.2, 0.25) is 0 Å². The van der Waals surface area contributed by atoms with Crippen molar-refractivity contribution in [2.24, 2.45) is 4.99 Å². The number of aliphatic imine (C=N–C) groups is 1. The van der Waals surface area contributed by atoms with E-state index in [1.807, 2.05) is 54.7 Å². The quantitative estimate of drug-likeness (QED) is 0.459. The average molecular weight is 394 g/mol. The Morgan fingerprint density at radius 3 is 2.36 bits per heavy atom. The van der Waals surface area contributed by atoms with Gasteiger partial charge in [0.15, 0.2) is 0 Å². The maximum Gasteiger partial charge on any atom is 0.119 e. The molecule has 126 valence electrons. The maximum atomic E-state index is 5.82. The number of hydrogen-bond donors (Lipinski definition) is 0. The van der Waals surface area contributed by atoms with Crippen molar-refractivity contribution >= 4 is 27.8 Å². The molecular weight excluding hydrogens is 374 g/mol. The standard InChI is InChI=1S/C22H20BrNO/c1-16-4-3-5-22(17(16)2)24-14-18-8-12-21(13-9-18)25-15-19-6-10-20(23)11-7-19/h3-14H,15H2,1-2H3. The predicted molar refractivity (Wildman–Crippen MR) is 108 cm³/mol. The highest BCUT2D eigenvalue weighted by Gasteiger charge is 1.99. The van der Waals surface area contributed by atoms with E-state index in [2.05, 4.69) is 53.0 Å². The van der Waals surface area contributed by atoms with Crippen LogP contribution in [0.5, 0.6) is 5.75 Å². The van der Waals surface area contributed by atoms with Gasteiger partial charge in [-0.15, -0.1) is 0 Å². The van der Waals surface area contributed by atoms with Gasteiger partial charge in [0.1, 0.15) is 12.4 Å². The van der Waals surface area contributed by atoms with Crippen LogP contribution in [0.25, 0.3) is 0 Å². The molecule has 3 aromatic rings. The molecule has 0 bridgehead atoms. The molecule has 0 fully saturated rings. The minimum Gasteiger partial charge on any atom is -0.489 e. The number of aryl methyl sites for hydroxylation is 1. The molecule has 0 heterocycles. The maximum absolute atomic E-state index is 5.82. The normalized spacial score (nSPS) is 11.0. The molecule has 3 heteroatoms. The lowest BCUT2D eigenvalue weighted by molar-refractivity contribution is 0.306. The van der Waals surface area contributed by atoms with Crippen molar-refractivity contribution in [1.82, 2.24) is 0 Å². The first-order chi connectivity index (χ1) is 12.1. The second-order valence-corrected chi connectivity index (χ2v) is 6.88. The summed E-state index contributed by atoms with van der Waals surface area (Å²) in [7, 11) is 0. The smallest absolute Gasteiger partial charge is 0.119 e. The Labute approximate surface area is 157 Å². The summed E-state index contributed by atoms with van der Waals surface area (Å²) in [6.45, 7) is 4.76. The lowest BCUT2D eigenvalue weighted by atomic mass is 10.1. The Hall–Kier alpha value is -2.39. The first kappa shape index (κ1) is 17.4. The summed E-state index contributed by atoms with van der Waals surface area (Å²) >= 11 is 3.44. The molecule has 0 saturated carbocycles. The van der Waals surface area contributed by atoms with Gasteiger partial charge in [0.25, 0.3) is 0 Å². The van der Waals surface area contributed by atoms with Crippen LogP contribution in [0.4, 0.5) is 5.69 Å². The topological polar surface area (TPSA) is 21.6 Å². The lowest BCUT2D eigenvalue weighted by Crippen LogP contribution is -1.95. The molecule has 3 aromatic carbocycles. The molecular formula is C22H20BrNO. The van der Waals surface area contributed by atoms with Gasteiger partial charge in [-0.25, -0.2) is 0 Å². The number of ether oxygens (including phenoxy) is 1. The molecule has 0 spiro atoms. The van der Waals surface area contributed by atoms with E-state index >= 15 is 0 Å². The molecule has 2 nitrogen and oxygen atoms in total. The Balaban J connectivity index is 1.63. The molecule has 0 atom stereocenters. The van der Waals surface area contributed by atoms with Crippen LogP contribution in [-0.4, -0.2) is 6.21 Å². The van der Waals surface area contributed by atoms with E-state index in [9.17, 15) is 0 Å². The SMILES string of the molecule is Cc1cccc(N=Cc2ccc(OCc3ccc(Br)cc3)cc2)c1C. The molecule has 0 aliphatic carbocycles. The lowest BCUT2D eigenvalue weighted by Gasteiger charge is -2.07. The van der Waals surface area contributed by atoms with Gasteiger partial charge in [-0.2, -0.15) is 0 Å². The van der Waals surface area contributed by atoms with Gasteiger partial charge in [-0.1, -0.05) is 40.2 Å². The fraction of sp³-hybridized carbons (Fsp3) is 0.136. The van der Waals surface area contributed by atoms with E-state index in [1.54, 1.807) is 0 Å². The van der Waals surface area contributed by atoms with Crippen molar-refractivity contribution in [3.8, 4) is 5.75 Å². The van der Waals surface area contributed by atoms with Gasteiger partial charge in [-0.05, 0) is 78.6 Å².